The van der Waals surface area contributed by atoms with Gasteiger partial charge in [-0.05, 0) is 12.1 Å². The third kappa shape index (κ3) is 1.66. The molecule has 20 heavy (non-hydrogen) atoms. The number of rotatable bonds is 1. The average Bonchev–Trinajstić information content (AvgIpc) is 2.44. The Balaban J connectivity index is 2.33. The van der Waals surface area contributed by atoms with Crippen LogP contribution in [0.25, 0.3) is 0 Å². The lowest BCUT2D eigenvalue weighted by molar-refractivity contribution is 0.0696. The topological polar surface area (TPSA) is 71.4 Å². The Morgan fingerprint density at radius 1 is 0.950 bits per heavy atom. The predicted molar refractivity (Wildman–Crippen MR) is 71.7 cm³/mol. The van der Waals surface area contributed by atoms with Crippen LogP contribution in [0.2, 0.25) is 5.02 Å². The Labute approximate surface area is 118 Å². The van der Waals surface area contributed by atoms with E-state index in [1.165, 1.54) is 12.1 Å². The van der Waals surface area contributed by atoms with Crippen LogP contribution in [0.15, 0.2) is 36.4 Å². The number of benzene rings is 2. The standard InChI is InChI=1S/C15H7ClO4/c16-11-6-7(15(19)20)5-10-12(11)14(18)9-4-2-1-3-8(9)13(10)17/h1-6H,(H,19,20). The molecule has 0 aliphatic heterocycles. The van der Waals surface area contributed by atoms with Gasteiger partial charge in [-0.1, -0.05) is 35.9 Å². The Morgan fingerprint density at radius 3 is 2.15 bits per heavy atom. The van der Waals surface area contributed by atoms with Crippen molar-refractivity contribution in [1.82, 2.24) is 0 Å². The maximum atomic E-state index is 12.4. The summed E-state index contributed by atoms with van der Waals surface area (Å²) in [7, 11) is 0. The Hall–Kier alpha value is -2.46. The van der Waals surface area contributed by atoms with Crippen LogP contribution in [0.3, 0.4) is 0 Å². The summed E-state index contributed by atoms with van der Waals surface area (Å²) < 4.78 is 0. The van der Waals surface area contributed by atoms with Crippen molar-refractivity contribution in [2.24, 2.45) is 0 Å². The first-order valence-electron chi connectivity index (χ1n) is 5.76. The fourth-order valence-corrected chi connectivity index (χ4v) is 2.60. The Morgan fingerprint density at radius 2 is 1.55 bits per heavy atom. The number of hydrogen-bond acceptors (Lipinski definition) is 3. The van der Waals surface area contributed by atoms with Crippen molar-refractivity contribution in [3.05, 3.63) is 69.2 Å². The summed E-state index contributed by atoms with van der Waals surface area (Å²) in [5.41, 5.74) is 0.548. The van der Waals surface area contributed by atoms with E-state index in [-0.39, 0.29) is 44.4 Å². The molecule has 0 heterocycles. The first-order chi connectivity index (χ1) is 9.50. The molecule has 1 aliphatic carbocycles. The summed E-state index contributed by atoms with van der Waals surface area (Å²) in [4.78, 5) is 35.8. The fraction of sp³-hybridized carbons (Fsp3) is 0. The van der Waals surface area contributed by atoms with Gasteiger partial charge in [-0.15, -0.1) is 0 Å². The molecule has 0 saturated carbocycles. The molecule has 0 saturated heterocycles. The number of fused-ring (bicyclic) bond motifs is 2. The summed E-state index contributed by atoms with van der Waals surface area (Å²) in [5.74, 6) is -1.95. The zero-order chi connectivity index (χ0) is 14.4. The Kier molecular flexibility index (Phi) is 2.69. The first kappa shape index (κ1) is 12.6. The van der Waals surface area contributed by atoms with Crippen LogP contribution in [0.4, 0.5) is 0 Å². The van der Waals surface area contributed by atoms with E-state index in [0.717, 1.165) is 0 Å². The van der Waals surface area contributed by atoms with Gasteiger partial charge in [0.25, 0.3) is 0 Å². The quantitative estimate of drug-likeness (QED) is 0.746. The number of aromatic carboxylic acids is 1. The average molecular weight is 287 g/mol. The van der Waals surface area contributed by atoms with Gasteiger partial charge < -0.3 is 5.11 Å². The fourth-order valence-electron chi connectivity index (χ4n) is 2.30. The van der Waals surface area contributed by atoms with Crippen LogP contribution in [-0.4, -0.2) is 22.6 Å². The van der Waals surface area contributed by atoms with E-state index in [1.807, 2.05) is 0 Å². The second-order valence-corrected chi connectivity index (χ2v) is 4.80. The highest BCUT2D eigenvalue weighted by Gasteiger charge is 2.32. The van der Waals surface area contributed by atoms with E-state index in [1.54, 1.807) is 24.3 Å². The van der Waals surface area contributed by atoms with Crippen LogP contribution in [0.5, 0.6) is 0 Å². The highest BCUT2D eigenvalue weighted by atomic mass is 35.5. The molecule has 2 aromatic carbocycles. The lowest BCUT2D eigenvalue weighted by Crippen LogP contribution is -2.22. The summed E-state index contributed by atoms with van der Waals surface area (Å²) >= 11 is 5.98. The maximum absolute atomic E-state index is 12.4. The third-order valence-corrected chi connectivity index (χ3v) is 3.52. The molecule has 1 aliphatic rings. The van der Waals surface area contributed by atoms with Crippen LogP contribution >= 0.6 is 11.6 Å². The summed E-state index contributed by atoms with van der Waals surface area (Å²) in [6.45, 7) is 0. The van der Waals surface area contributed by atoms with Gasteiger partial charge >= 0.3 is 5.97 Å². The van der Waals surface area contributed by atoms with Gasteiger partial charge in [0.2, 0.25) is 0 Å². The summed E-state index contributed by atoms with van der Waals surface area (Å²) in [6.07, 6.45) is 0. The van der Waals surface area contributed by atoms with Gasteiger partial charge in [-0.25, -0.2) is 4.79 Å². The smallest absolute Gasteiger partial charge is 0.335 e. The van der Waals surface area contributed by atoms with Gasteiger partial charge in [0.05, 0.1) is 16.1 Å². The number of carbonyl (C=O) groups excluding carboxylic acids is 2. The second kappa shape index (κ2) is 4.28. The van der Waals surface area contributed by atoms with Crippen LogP contribution in [-0.2, 0) is 0 Å². The monoisotopic (exact) mass is 286 g/mol. The van der Waals surface area contributed by atoms with E-state index in [4.69, 9.17) is 16.7 Å². The zero-order valence-electron chi connectivity index (χ0n) is 10.0. The lowest BCUT2D eigenvalue weighted by atomic mass is 9.83. The number of ketones is 2. The van der Waals surface area contributed by atoms with Crippen molar-refractivity contribution >= 4 is 29.1 Å². The SMILES string of the molecule is O=C(O)c1cc(Cl)c2c(c1)C(=O)c1ccccc1C2=O. The molecule has 3 rings (SSSR count). The largest absolute Gasteiger partial charge is 0.478 e. The Bertz CT molecular complexity index is 792. The highest BCUT2D eigenvalue weighted by molar-refractivity contribution is 6.39. The van der Waals surface area contributed by atoms with E-state index in [0.29, 0.717) is 0 Å². The number of carboxylic acids is 1. The molecule has 4 nitrogen and oxygen atoms in total. The number of hydrogen-bond donors (Lipinski definition) is 1. The maximum Gasteiger partial charge on any atom is 0.335 e. The van der Waals surface area contributed by atoms with Crippen LogP contribution < -0.4 is 0 Å². The molecule has 0 radical (unpaired) electrons. The van der Waals surface area contributed by atoms with Crippen molar-refractivity contribution in [3.8, 4) is 0 Å². The summed E-state index contributed by atoms with van der Waals surface area (Å²) in [5, 5.41) is 8.98. The van der Waals surface area contributed by atoms with Crippen molar-refractivity contribution in [1.29, 1.82) is 0 Å². The van der Waals surface area contributed by atoms with Gasteiger partial charge in [0.1, 0.15) is 0 Å². The van der Waals surface area contributed by atoms with Gasteiger partial charge in [-0.3, -0.25) is 9.59 Å². The molecular formula is C15H7ClO4. The minimum Gasteiger partial charge on any atom is -0.478 e. The minimum absolute atomic E-state index is 0.0206. The van der Waals surface area contributed by atoms with E-state index < -0.39 is 5.97 Å². The molecule has 0 fully saturated rings. The molecule has 0 spiro atoms. The number of carbonyl (C=O) groups is 3. The van der Waals surface area contributed by atoms with E-state index in [9.17, 15) is 14.4 Å². The number of carboxylic acid groups (broad SMARTS) is 1. The van der Waals surface area contributed by atoms with Gasteiger partial charge in [-0.2, -0.15) is 0 Å². The molecule has 0 bridgehead atoms. The van der Waals surface area contributed by atoms with Gasteiger partial charge in [0, 0.05) is 16.7 Å². The molecule has 0 aromatic heterocycles. The second-order valence-electron chi connectivity index (χ2n) is 4.39. The molecular weight excluding hydrogens is 280 g/mol. The molecule has 98 valence electrons. The van der Waals surface area contributed by atoms with Crippen molar-refractivity contribution in [2.45, 2.75) is 0 Å². The summed E-state index contributed by atoms with van der Waals surface area (Å²) in [6, 6.07) is 8.79. The number of halogens is 1. The van der Waals surface area contributed by atoms with Crippen molar-refractivity contribution in [2.75, 3.05) is 0 Å². The van der Waals surface area contributed by atoms with Crippen molar-refractivity contribution < 1.29 is 19.5 Å². The normalized spacial score (nSPS) is 12.8. The molecule has 1 N–H and O–H groups in total. The van der Waals surface area contributed by atoms with E-state index in [2.05, 4.69) is 0 Å². The van der Waals surface area contributed by atoms with Crippen molar-refractivity contribution in [3.63, 3.8) is 0 Å². The predicted octanol–water partition coefficient (Wildman–Crippen LogP) is 2.81. The zero-order valence-corrected chi connectivity index (χ0v) is 10.8. The van der Waals surface area contributed by atoms with Gasteiger partial charge in [0.15, 0.2) is 11.6 Å². The van der Waals surface area contributed by atoms with E-state index >= 15 is 0 Å². The van der Waals surface area contributed by atoms with Crippen LogP contribution in [0.1, 0.15) is 42.2 Å². The molecule has 0 atom stereocenters. The van der Waals surface area contributed by atoms with Crippen LogP contribution in [0, 0.1) is 0 Å². The minimum atomic E-state index is -1.20. The first-order valence-corrected chi connectivity index (χ1v) is 6.13. The molecule has 5 heteroatoms. The lowest BCUT2D eigenvalue weighted by Gasteiger charge is -2.18. The molecule has 2 aromatic rings. The highest BCUT2D eigenvalue weighted by Crippen LogP contribution is 2.32. The third-order valence-electron chi connectivity index (χ3n) is 3.23. The molecule has 0 amide bonds. The molecule has 0 unspecified atom stereocenters.